The Balaban J connectivity index is 1.74. The van der Waals surface area contributed by atoms with E-state index in [1.54, 1.807) is 0 Å². The second-order valence-electron chi connectivity index (χ2n) is 7.07. The molecule has 1 N–H and O–H groups in total. The van der Waals surface area contributed by atoms with Crippen molar-refractivity contribution in [3.63, 3.8) is 0 Å². The van der Waals surface area contributed by atoms with Crippen LogP contribution < -0.4 is 5.32 Å². The van der Waals surface area contributed by atoms with E-state index in [-0.39, 0.29) is 27.5 Å². The number of amides is 1. The summed E-state index contributed by atoms with van der Waals surface area (Å²) in [6, 6.07) is 4.31. The van der Waals surface area contributed by atoms with Crippen molar-refractivity contribution in [3.05, 3.63) is 28.8 Å². The Morgan fingerprint density at radius 2 is 2.04 bits per heavy atom. The number of benzene rings is 1. The molecule has 0 aliphatic carbocycles. The summed E-state index contributed by atoms with van der Waals surface area (Å²) in [7, 11) is -3.62. The van der Waals surface area contributed by atoms with Crippen LogP contribution in [-0.4, -0.2) is 51.0 Å². The third kappa shape index (κ3) is 4.39. The summed E-state index contributed by atoms with van der Waals surface area (Å²) < 4.78 is 32.7. The maximum absolute atomic E-state index is 12.9. The molecular formula is C18H25ClN2O4S. The summed E-state index contributed by atoms with van der Waals surface area (Å²) in [6.45, 7) is 4.25. The predicted octanol–water partition coefficient (Wildman–Crippen LogP) is 2.67. The third-order valence-corrected chi connectivity index (χ3v) is 7.30. The molecule has 2 aliphatic heterocycles. The summed E-state index contributed by atoms with van der Waals surface area (Å²) in [5.41, 5.74) is 0.177. The van der Waals surface area contributed by atoms with Crippen LogP contribution in [0.3, 0.4) is 0 Å². The standard InChI is InChI=1S/C18H25ClN2O4S/c1-13-6-8-21(9-7-13)26(23,24)15-4-5-17(19)16(11-15)18(22)20-12-14-3-2-10-25-14/h4-5,11,13-14H,2-3,6-10,12H2,1H3,(H,20,22)/t14-/m0/s1. The van der Waals surface area contributed by atoms with Gasteiger partial charge in [0.05, 0.1) is 21.6 Å². The number of carbonyl (C=O) groups excluding carboxylic acids is 1. The van der Waals surface area contributed by atoms with E-state index in [0.717, 1.165) is 25.7 Å². The monoisotopic (exact) mass is 400 g/mol. The van der Waals surface area contributed by atoms with Crippen LogP contribution in [0.1, 0.15) is 43.0 Å². The number of halogens is 1. The number of hydrogen-bond acceptors (Lipinski definition) is 4. The lowest BCUT2D eigenvalue weighted by Gasteiger charge is -2.29. The fourth-order valence-electron chi connectivity index (χ4n) is 3.32. The molecule has 8 heteroatoms. The van der Waals surface area contributed by atoms with Crippen molar-refractivity contribution < 1.29 is 17.9 Å². The van der Waals surface area contributed by atoms with Crippen molar-refractivity contribution in [3.8, 4) is 0 Å². The number of hydrogen-bond donors (Lipinski definition) is 1. The number of rotatable bonds is 5. The van der Waals surface area contributed by atoms with Crippen molar-refractivity contribution in [2.45, 2.75) is 43.6 Å². The molecule has 1 aromatic rings. The van der Waals surface area contributed by atoms with E-state index in [1.807, 2.05) is 0 Å². The first-order valence-electron chi connectivity index (χ1n) is 9.07. The molecule has 0 radical (unpaired) electrons. The van der Waals surface area contributed by atoms with Crippen LogP contribution in [0, 0.1) is 5.92 Å². The van der Waals surface area contributed by atoms with Crippen molar-refractivity contribution in [1.82, 2.24) is 9.62 Å². The second-order valence-corrected chi connectivity index (χ2v) is 9.42. The molecule has 0 aromatic heterocycles. The van der Waals surface area contributed by atoms with Crippen LogP contribution in [0.25, 0.3) is 0 Å². The van der Waals surface area contributed by atoms with Gasteiger partial charge < -0.3 is 10.1 Å². The molecule has 0 spiro atoms. The Labute approximate surface area is 159 Å². The van der Waals surface area contributed by atoms with E-state index in [2.05, 4.69) is 12.2 Å². The molecule has 6 nitrogen and oxygen atoms in total. The lowest BCUT2D eigenvalue weighted by molar-refractivity contribution is 0.0857. The highest BCUT2D eigenvalue weighted by Crippen LogP contribution is 2.26. The van der Waals surface area contributed by atoms with E-state index in [1.165, 1.54) is 22.5 Å². The molecule has 144 valence electrons. The van der Waals surface area contributed by atoms with E-state index in [4.69, 9.17) is 16.3 Å². The molecule has 0 saturated carbocycles. The first-order chi connectivity index (χ1) is 12.4. The highest BCUT2D eigenvalue weighted by molar-refractivity contribution is 7.89. The molecule has 1 amide bonds. The van der Waals surface area contributed by atoms with Crippen molar-refractivity contribution in [2.24, 2.45) is 5.92 Å². The molecule has 2 heterocycles. The quantitative estimate of drug-likeness (QED) is 0.824. The minimum absolute atomic E-state index is 0.0139. The van der Waals surface area contributed by atoms with Crippen molar-refractivity contribution in [1.29, 1.82) is 0 Å². The number of sulfonamides is 1. The Bertz CT molecular complexity index is 754. The molecule has 0 bridgehead atoms. The van der Waals surface area contributed by atoms with Crippen LogP contribution in [0.4, 0.5) is 0 Å². The topological polar surface area (TPSA) is 75.7 Å². The summed E-state index contributed by atoms with van der Waals surface area (Å²) in [5.74, 6) is 0.153. The Morgan fingerprint density at radius 1 is 1.31 bits per heavy atom. The zero-order chi connectivity index (χ0) is 18.7. The van der Waals surface area contributed by atoms with Crippen molar-refractivity contribution >= 4 is 27.5 Å². The number of nitrogens with zero attached hydrogens (tertiary/aromatic N) is 1. The van der Waals surface area contributed by atoms with Gasteiger partial charge in [0.25, 0.3) is 5.91 Å². The van der Waals surface area contributed by atoms with Gasteiger partial charge in [-0.2, -0.15) is 4.31 Å². The number of ether oxygens (including phenoxy) is 1. The smallest absolute Gasteiger partial charge is 0.252 e. The van der Waals surface area contributed by atoms with Gasteiger partial charge in [0, 0.05) is 26.2 Å². The minimum atomic E-state index is -3.62. The first kappa shape index (κ1) is 19.6. The van der Waals surface area contributed by atoms with Crippen LogP contribution >= 0.6 is 11.6 Å². The molecular weight excluding hydrogens is 376 g/mol. The SMILES string of the molecule is CC1CCN(S(=O)(=O)c2ccc(Cl)c(C(=O)NC[C@@H]3CCCO3)c2)CC1. The third-order valence-electron chi connectivity index (χ3n) is 5.08. The Hall–Kier alpha value is -1.15. The van der Waals surface area contributed by atoms with E-state index >= 15 is 0 Å². The van der Waals surface area contributed by atoms with E-state index < -0.39 is 10.0 Å². The second kappa shape index (κ2) is 8.25. The molecule has 2 aliphatic rings. The minimum Gasteiger partial charge on any atom is -0.376 e. The van der Waals surface area contributed by atoms with Gasteiger partial charge in [0.2, 0.25) is 10.0 Å². The van der Waals surface area contributed by atoms with Crippen LogP contribution in [0.5, 0.6) is 0 Å². The van der Waals surface area contributed by atoms with Crippen LogP contribution in [-0.2, 0) is 14.8 Å². The Morgan fingerprint density at radius 3 is 2.69 bits per heavy atom. The lowest BCUT2D eigenvalue weighted by Crippen LogP contribution is -2.38. The molecule has 3 rings (SSSR count). The van der Waals surface area contributed by atoms with E-state index in [9.17, 15) is 13.2 Å². The molecule has 1 aromatic carbocycles. The summed E-state index contributed by atoms with van der Waals surface area (Å²) in [6.07, 6.45) is 3.61. The van der Waals surface area contributed by atoms with Gasteiger partial charge in [0.1, 0.15) is 0 Å². The molecule has 2 fully saturated rings. The van der Waals surface area contributed by atoms with Gasteiger partial charge >= 0.3 is 0 Å². The van der Waals surface area contributed by atoms with Crippen molar-refractivity contribution in [2.75, 3.05) is 26.2 Å². The molecule has 1 atom stereocenters. The van der Waals surface area contributed by atoms with Gasteiger partial charge in [-0.05, 0) is 49.8 Å². The molecule has 2 saturated heterocycles. The van der Waals surface area contributed by atoms with Gasteiger partial charge in [-0.1, -0.05) is 18.5 Å². The van der Waals surface area contributed by atoms with Gasteiger partial charge in [0.15, 0.2) is 0 Å². The van der Waals surface area contributed by atoms with Gasteiger partial charge in [-0.25, -0.2) is 8.42 Å². The fraction of sp³-hybridized carbons (Fsp3) is 0.611. The maximum atomic E-state index is 12.9. The summed E-state index contributed by atoms with van der Waals surface area (Å²) in [5, 5.41) is 3.03. The first-order valence-corrected chi connectivity index (χ1v) is 10.9. The average molecular weight is 401 g/mol. The maximum Gasteiger partial charge on any atom is 0.252 e. The number of nitrogens with one attached hydrogen (secondary N) is 1. The number of carbonyl (C=O) groups is 1. The normalized spacial score (nSPS) is 22.5. The lowest BCUT2D eigenvalue weighted by atomic mass is 10.0. The highest BCUT2D eigenvalue weighted by atomic mass is 35.5. The van der Waals surface area contributed by atoms with Crippen LogP contribution in [0.15, 0.2) is 23.1 Å². The number of piperidine rings is 1. The molecule has 26 heavy (non-hydrogen) atoms. The highest BCUT2D eigenvalue weighted by Gasteiger charge is 2.29. The van der Waals surface area contributed by atoms with Gasteiger partial charge in [-0.3, -0.25) is 4.79 Å². The predicted molar refractivity (Wildman–Crippen MR) is 99.9 cm³/mol. The van der Waals surface area contributed by atoms with Crippen LogP contribution in [0.2, 0.25) is 5.02 Å². The summed E-state index contributed by atoms with van der Waals surface area (Å²) >= 11 is 6.14. The van der Waals surface area contributed by atoms with E-state index in [0.29, 0.717) is 32.2 Å². The largest absolute Gasteiger partial charge is 0.376 e. The van der Waals surface area contributed by atoms with Gasteiger partial charge in [-0.15, -0.1) is 0 Å². The fourth-order valence-corrected chi connectivity index (χ4v) is 5.02. The Kier molecular flexibility index (Phi) is 6.22. The molecule has 0 unspecified atom stereocenters. The summed E-state index contributed by atoms with van der Waals surface area (Å²) in [4.78, 5) is 12.6. The zero-order valence-electron chi connectivity index (χ0n) is 14.9. The zero-order valence-corrected chi connectivity index (χ0v) is 16.5. The average Bonchev–Trinajstić information content (AvgIpc) is 3.14.